The first-order valence-corrected chi connectivity index (χ1v) is 7.56. The van der Waals surface area contributed by atoms with Crippen LogP contribution in [0.1, 0.15) is 13.8 Å². The summed E-state index contributed by atoms with van der Waals surface area (Å²) in [6.07, 6.45) is 0. The van der Waals surface area contributed by atoms with Crippen molar-refractivity contribution < 1.29 is 9.53 Å². The smallest absolute Gasteiger partial charge is 0.316 e. The lowest BCUT2D eigenvalue weighted by Crippen LogP contribution is -2.44. The van der Waals surface area contributed by atoms with Gasteiger partial charge in [-0.15, -0.1) is 0 Å². The Morgan fingerprint density at radius 1 is 1.50 bits per heavy atom. The maximum Gasteiger partial charge on any atom is 0.316 e. The third-order valence-corrected chi connectivity index (χ3v) is 3.99. The molecule has 6 nitrogen and oxygen atoms in total. The summed E-state index contributed by atoms with van der Waals surface area (Å²) in [6.45, 7) is 4.63. The predicted molar refractivity (Wildman–Crippen MR) is 86.4 cm³/mol. The molecule has 112 valence electrons. The molecule has 0 unspecified atom stereocenters. The molecule has 1 aliphatic heterocycles. The molecule has 0 aromatic carbocycles. The largest absolute Gasteiger partial charge is 0.465 e. The fourth-order valence-electron chi connectivity index (χ4n) is 1.65. The third-order valence-electron chi connectivity index (χ3n) is 2.57. The van der Waals surface area contributed by atoms with Crippen LogP contribution in [0.4, 0.5) is 0 Å². The summed E-state index contributed by atoms with van der Waals surface area (Å²) < 4.78 is 4.87. The first kappa shape index (κ1) is 16.8. The summed E-state index contributed by atoms with van der Waals surface area (Å²) in [5, 5.41) is 0.746. The fourth-order valence-corrected chi connectivity index (χ4v) is 2.36. The molecule has 0 aromatic heterocycles. The Morgan fingerprint density at radius 2 is 2.15 bits per heavy atom. The van der Waals surface area contributed by atoms with Crippen molar-refractivity contribution in [2.75, 3.05) is 33.1 Å². The Morgan fingerprint density at radius 3 is 2.75 bits per heavy atom. The van der Waals surface area contributed by atoms with Gasteiger partial charge in [-0.25, -0.2) is 4.99 Å². The van der Waals surface area contributed by atoms with Gasteiger partial charge >= 0.3 is 5.97 Å². The van der Waals surface area contributed by atoms with Gasteiger partial charge in [0, 0.05) is 14.1 Å². The van der Waals surface area contributed by atoms with Gasteiger partial charge in [-0.2, -0.15) is 0 Å². The molecule has 0 fully saturated rings. The first-order valence-electron chi connectivity index (χ1n) is 6.16. The number of carbonyl (C=O) groups is 1. The number of nitrogens with two attached hydrogens (primary N) is 1. The standard InChI is InChI=1S/C12H20N4O2S2/c1-5-18-9(17)6-20-8(2)14-11-10(13)12(19)16(4)7-15(11)3/h5-7,13H2,1-4H3. The Kier molecular flexibility index (Phi) is 6.28. The lowest BCUT2D eigenvalue weighted by atomic mass is 10.3. The van der Waals surface area contributed by atoms with Crippen LogP contribution in [0.25, 0.3) is 0 Å². The summed E-state index contributed by atoms with van der Waals surface area (Å²) in [5.74, 6) is 0.632. The van der Waals surface area contributed by atoms with E-state index in [0.29, 0.717) is 29.8 Å². The molecule has 2 N–H and O–H groups in total. The highest BCUT2D eigenvalue weighted by molar-refractivity contribution is 8.14. The molecular formula is C12H20N4O2S2. The quantitative estimate of drug-likeness (QED) is 0.359. The minimum atomic E-state index is -0.249. The van der Waals surface area contributed by atoms with E-state index in [-0.39, 0.29) is 11.7 Å². The molecule has 0 bridgehead atoms. The highest BCUT2D eigenvalue weighted by atomic mass is 32.2. The van der Waals surface area contributed by atoms with Crippen molar-refractivity contribution >= 4 is 40.0 Å². The second kappa shape index (κ2) is 7.49. The highest BCUT2D eigenvalue weighted by Gasteiger charge is 2.22. The maximum absolute atomic E-state index is 11.3. The molecule has 0 atom stereocenters. The van der Waals surface area contributed by atoms with Crippen LogP contribution in [0.3, 0.4) is 0 Å². The van der Waals surface area contributed by atoms with E-state index in [0.717, 1.165) is 5.04 Å². The van der Waals surface area contributed by atoms with E-state index in [4.69, 9.17) is 22.7 Å². The Hall–Kier alpha value is -1.28. The van der Waals surface area contributed by atoms with Crippen molar-refractivity contribution in [2.45, 2.75) is 13.8 Å². The van der Waals surface area contributed by atoms with Gasteiger partial charge in [-0.3, -0.25) is 4.79 Å². The second-order valence-electron chi connectivity index (χ2n) is 4.30. The average Bonchev–Trinajstić information content (AvgIpc) is 2.39. The average molecular weight is 316 g/mol. The number of thiocarbonyl (C=S) groups is 1. The monoisotopic (exact) mass is 316 g/mol. The van der Waals surface area contributed by atoms with E-state index in [2.05, 4.69) is 4.99 Å². The van der Waals surface area contributed by atoms with Gasteiger partial charge in [0.1, 0.15) is 10.7 Å². The number of nitrogens with zero attached hydrogens (tertiary/aromatic N) is 3. The van der Waals surface area contributed by atoms with Crippen LogP contribution in [0.15, 0.2) is 16.5 Å². The first-order chi connectivity index (χ1) is 9.36. The molecule has 0 saturated heterocycles. The molecule has 0 spiro atoms. The van der Waals surface area contributed by atoms with Crippen LogP contribution in [0.2, 0.25) is 0 Å². The zero-order valence-corrected chi connectivity index (χ0v) is 13.8. The molecular weight excluding hydrogens is 296 g/mol. The number of esters is 1. The Labute approximate surface area is 129 Å². The molecule has 0 aromatic rings. The van der Waals surface area contributed by atoms with Crippen molar-refractivity contribution in [1.29, 1.82) is 0 Å². The number of likely N-dealkylation sites (N-methyl/N-ethyl adjacent to an activating group) is 1. The van der Waals surface area contributed by atoms with E-state index in [9.17, 15) is 4.79 Å². The van der Waals surface area contributed by atoms with Crippen LogP contribution in [0.5, 0.6) is 0 Å². The molecule has 0 aliphatic carbocycles. The number of aliphatic imine (C=N–C) groups is 1. The van der Waals surface area contributed by atoms with E-state index in [1.165, 1.54) is 11.8 Å². The van der Waals surface area contributed by atoms with Crippen molar-refractivity contribution in [2.24, 2.45) is 10.7 Å². The molecule has 0 radical (unpaired) electrons. The van der Waals surface area contributed by atoms with E-state index in [1.807, 2.05) is 30.8 Å². The summed E-state index contributed by atoms with van der Waals surface area (Å²) in [5.41, 5.74) is 6.48. The predicted octanol–water partition coefficient (Wildman–Crippen LogP) is 0.991. The van der Waals surface area contributed by atoms with Crippen LogP contribution in [-0.4, -0.2) is 58.9 Å². The number of hydrogen-bond acceptors (Lipinski definition) is 7. The minimum Gasteiger partial charge on any atom is -0.465 e. The zero-order valence-electron chi connectivity index (χ0n) is 12.2. The summed E-state index contributed by atoms with van der Waals surface area (Å²) in [4.78, 5) is 20.1. The van der Waals surface area contributed by atoms with Gasteiger partial charge in [-0.1, -0.05) is 24.0 Å². The van der Waals surface area contributed by atoms with Gasteiger partial charge in [0.2, 0.25) is 0 Å². The Bertz CT molecular complexity index is 462. The lowest BCUT2D eigenvalue weighted by Gasteiger charge is -2.34. The van der Waals surface area contributed by atoms with E-state index >= 15 is 0 Å². The van der Waals surface area contributed by atoms with Gasteiger partial charge in [0.25, 0.3) is 0 Å². The maximum atomic E-state index is 11.3. The second-order valence-corrected chi connectivity index (χ2v) is 5.86. The lowest BCUT2D eigenvalue weighted by molar-refractivity contribution is -0.139. The third kappa shape index (κ3) is 4.38. The molecule has 20 heavy (non-hydrogen) atoms. The van der Waals surface area contributed by atoms with Crippen LogP contribution < -0.4 is 5.73 Å². The fraction of sp³-hybridized carbons (Fsp3) is 0.583. The van der Waals surface area contributed by atoms with Crippen molar-refractivity contribution in [3.8, 4) is 0 Å². The highest BCUT2D eigenvalue weighted by Crippen LogP contribution is 2.18. The molecule has 8 heteroatoms. The van der Waals surface area contributed by atoms with E-state index in [1.54, 1.807) is 6.92 Å². The topological polar surface area (TPSA) is 71.2 Å². The van der Waals surface area contributed by atoms with Crippen LogP contribution in [-0.2, 0) is 9.53 Å². The summed E-state index contributed by atoms with van der Waals surface area (Å²) in [6, 6.07) is 0. The van der Waals surface area contributed by atoms with Crippen LogP contribution >= 0.6 is 24.0 Å². The van der Waals surface area contributed by atoms with Gasteiger partial charge in [-0.05, 0) is 13.8 Å². The number of ether oxygens (including phenoxy) is 1. The van der Waals surface area contributed by atoms with Crippen molar-refractivity contribution in [1.82, 2.24) is 9.80 Å². The van der Waals surface area contributed by atoms with Gasteiger partial charge in [0.05, 0.1) is 24.1 Å². The molecule has 1 rings (SSSR count). The number of thioether (sulfide) groups is 1. The van der Waals surface area contributed by atoms with E-state index < -0.39 is 0 Å². The number of rotatable bonds is 4. The number of hydrogen-bond donors (Lipinski definition) is 1. The Balaban J connectivity index is 2.76. The molecule has 0 saturated carbocycles. The molecule has 1 aliphatic rings. The van der Waals surface area contributed by atoms with Crippen LogP contribution in [0, 0.1) is 0 Å². The zero-order chi connectivity index (χ0) is 15.3. The van der Waals surface area contributed by atoms with Gasteiger partial charge < -0.3 is 20.3 Å². The normalized spacial score (nSPS) is 16.8. The minimum absolute atomic E-state index is 0.240. The SMILES string of the molecule is CCOC(=O)CSC(C)=NC1=C(N)C(=S)N(C)CN1C. The molecule has 1 heterocycles. The summed E-state index contributed by atoms with van der Waals surface area (Å²) >= 11 is 6.57. The van der Waals surface area contributed by atoms with Gasteiger partial charge in [0.15, 0.2) is 5.82 Å². The summed E-state index contributed by atoms with van der Waals surface area (Å²) in [7, 11) is 3.78. The van der Waals surface area contributed by atoms with Crippen molar-refractivity contribution in [3.63, 3.8) is 0 Å². The molecule has 0 amide bonds. The number of carbonyl (C=O) groups excluding carboxylic acids is 1. The van der Waals surface area contributed by atoms with Crippen molar-refractivity contribution in [3.05, 3.63) is 11.5 Å².